The molecule has 0 bridgehead atoms. The second-order valence-corrected chi connectivity index (χ2v) is 5.82. The van der Waals surface area contributed by atoms with Crippen molar-refractivity contribution in [2.24, 2.45) is 0 Å². The Morgan fingerprint density at radius 1 is 0.885 bits per heavy atom. The highest BCUT2D eigenvalue weighted by Gasteiger charge is 2.22. The molecule has 0 heterocycles. The lowest BCUT2D eigenvalue weighted by molar-refractivity contribution is 0.0935. The van der Waals surface area contributed by atoms with Gasteiger partial charge in [0, 0.05) is 5.56 Å². The molecule has 0 radical (unpaired) electrons. The van der Waals surface area contributed by atoms with E-state index in [1.807, 2.05) is 32.0 Å². The van der Waals surface area contributed by atoms with Gasteiger partial charge in [-0.05, 0) is 32.0 Å². The van der Waals surface area contributed by atoms with Gasteiger partial charge < -0.3 is 24.3 Å². The number of aryl methyl sites for hydroxylation is 1. The highest BCUT2D eigenvalue weighted by molar-refractivity contribution is 5.98. The number of carbonyl (C=O) groups excluding carboxylic acids is 1. The van der Waals surface area contributed by atoms with Crippen LogP contribution in [0.3, 0.4) is 0 Å². The molecule has 1 N–H and O–H groups in total. The van der Waals surface area contributed by atoms with Gasteiger partial charge in [-0.15, -0.1) is 0 Å². The Hall–Kier alpha value is -2.89. The SMILES string of the molecule is COc1ccc(C)cc1[C@@H](C)NC(=O)c1ccc(OC)c(OC)c1OC. The maximum atomic E-state index is 12.8. The van der Waals surface area contributed by atoms with Crippen LogP contribution in [0.2, 0.25) is 0 Å². The highest BCUT2D eigenvalue weighted by Crippen LogP contribution is 2.40. The molecule has 2 rings (SSSR count). The lowest BCUT2D eigenvalue weighted by Crippen LogP contribution is -2.27. The third-order valence-electron chi connectivity index (χ3n) is 4.15. The fourth-order valence-corrected chi connectivity index (χ4v) is 2.82. The summed E-state index contributed by atoms with van der Waals surface area (Å²) in [4.78, 5) is 12.8. The molecule has 0 aliphatic carbocycles. The first-order valence-electron chi connectivity index (χ1n) is 8.21. The fourth-order valence-electron chi connectivity index (χ4n) is 2.82. The first-order valence-corrected chi connectivity index (χ1v) is 8.21. The Morgan fingerprint density at radius 3 is 2.08 bits per heavy atom. The monoisotopic (exact) mass is 359 g/mol. The third-order valence-corrected chi connectivity index (χ3v) is 4.15. The molecule has 2 aromatic rings. The van der Waals surface area contributed by atoms with Crippen molar-refractivity contribution in [3.63, 3.8) is 0 Å². The van der Waals surface area contributed by atoms with Crippen molar-refractivity contribution in [1.82, 2.24) is 5.32 Å². The lowest BCUT2D eigenvalue weighted by atomic mass is 10.0. The van der Waals surface area contributed by atoms with Crippen molar-refractivity contribution in [3.05, 3.63) is 47.0 Å². The molecule has 0 aromatic heterocycles. The predicted molar refractivity (Wildman–Crippen MR) is 99.7 cm³/mol. The van der Waals surface area contributed by atoms with E-state index < -0.39 is 0 Å². The number of hydrogen-bond donors (Lipinski definition) is 1. The van der Waals surface area contributed by atoms with E-state index >= 15 is 0 Å². The molecule has 140 valence electrons. The molecule has 0 spiro atoms. The van der Waals surface area contributed by atoms with Gasteiger partial charge in [-0.25, -0.2) is 0 Å². The Morgan fingerprint density at radius 2 is 1.50 bits per heavy atom. The summed E-state index contributed by atoms with van der Waals surface area (Å²) in [5, 5.41) is 2.98. The van der Waals surface area contributed by atoms with Crippen LogP contribution < -0.4 is 24.3 Å². The standard InChI is InChI=1S/C20H25NO5/c1-12-7-9-16(23-3)15(11-12)13(2)21-20(22)14-8-10-17(24-4)19(26-6)18(14)25-5/h7-11,13H,1-6H3,(H,21,22)/t13-/m1/s1. The smallest absolute Gasteiger partial charge is 0.255 e. The van der Waals surface area contributed by atoms with Crippen molar-refractivity contribution in [2.45, 2.75) is 19.9 Å². The van der Waals surface area contributed by atoms with Crippen molar-refractivity contribution in [3.8, 4) is 23.0 Å². The average molecular weight is 359 g/mol. The molecule has 26 heavy (non-hydrogen) atoms. The van der Waals surface area contributed by atoms with E-state index in [-0.39, 0.29) is 11.9 Å². The molecule has 0 fully saturated rings. The normalized spacial score (nSPS) is 11.5. The molecule has 0 aliphatic rings. The van der Waals surface area contributed by atoms with Crippen molar-refractivity contribution < 1.29 is 23.7 Å². The molecule has 1 atom stereocenters. The summed E-state index contributed by atoms with van der Waals surface area (Å²) in [5.41, 5.74) is 2.36. The highest BCUT2D eigenvalue weighted by atomic mass is 16.5. The second-order valence-electron chi connectivity index (χ2n) is 5.82. The van der Waals surface area contributed by atoms with Gasteiger partial charge in [0.25, 0.3) is 5.91 Å². The number of ether oxygens (including phenoxy) is 4. The number of nitrogens with one attached hydrogen (secondary N) is 1. The number of rotatable bonds is 7. The lowest BCUT2D eigenvalue weighted by Gasteiger charge is -2.20. The average Bonchev–Trinajstić information content (AvgIpc) is 2.66. The van der Waals surface area contributed by atoms with Crippen molar-refractivity contribution in [2.75, 3.05) is 28.4 Å². The van der Waals surface area contributed by atoms with Gasteiger partial charge in [0.05, 0.1) is 40.0 Å². The second kappa shape index (κ2) is 8.47. The molecule has 0 saturated carbocycles. The molecule has 0 aliphatic heterocycles. The molecule has 1 amide bonds. The zero-order valence-corrected chi connectivity index (χ0v) is 16.0. The van der Waals surface area contributed by atoms with Crippen LogP contribution >= 0.6 is 0 Å². The van der Waals surface area contributed by atoms with Crippen LogP contribution in [0.4, 0.5) is 0 Å². The molecule has 6 nitrogen and oxygen atoms in total. The van der Waals surface area contributed by atoms with Gasteiger partial charge in [0.1, 0.15) is 5.75 Å². The number of carbonyl (C=O) groups is 1. The summed E-state index contributed by atoms with van der Waals surface area (Å²) in [7, 11) is 6.13. The van der Waals surface area contributed by atoms with Crippen LogP contribution in [0.15, 0.2) is 30.3 Å². The number of amides is 1. The maximum absolute atomic E-state index is 12.8. The zero-order valence-electron chi connectivity index (χ0n) is 16.0. The van der Waals surface area contributed by atoms with Crippen molar-refractivity contribution in [1.29, 1.82) is 0 Å². The van der Waals surface area contributed by atoms with Gasteiger partial charge in [-0.3, -0.25) is 4.79 Å². The molecule has 2 aromatic carbocycles. The molecular formula is C20H25NO5. The van der Waals surface area contributed by atoms with Crippen LogP contribution in [0.25, 0.3) is 0 Å². The Labute approximate surface area is 154 Å². The first-order chi connectivity index (χ1) is 12.5. The fraction of sp³-hybridized carbons (Fsp3) is 0.350. The predicted octanol–water partition coefficient (Wildman–Crippen LogP) is 3.52. The molecular weight excluding hydrogens is 334 g/mol. The minimum Gasteiger partial charge on any atom is -0.496 e. The van der Waals surface area contributed by atoms with Crippen LogP contribution in [0.5, 0.6) is 23.0 Å². The van der Waals surface area contributed by atoms with Crippen LogP contribution in [-0.2, 0) is 0 Å². The van der Waals surface area contributed by atoms with Crippen LogP contribution in [0, 0.1) is 6.92 Å². The molecule has 6 heteroatoms. The van der Waals surface area contributed by atoms with Gasteiger partial charge in [0.15, 0.2) is 11.5 Å². The Kier molecular flexibility index (Phi) is 6.33. The summed E-state index contributed by atoms with van der Waals surface area (Å²) >= 11 is 0. The van der Waals surface area contributed by atoms with E-state index in [1.54, 1.807) is 19.2 Å². The first kappa shape index (κ1) is 19.4. The van der Waals surface area contributed by atoms with Gasteiger partial charge in [0.2, 0.25) is 5.75 Å². The minimum atomic E-state index is -0.279. The summed E-state index contributed by atoms with van der Waals surface area (Å²) in [5.74, 6) is 1.65. The van der Waals surface area contributed by atoms with Gasteiger partial charge >= 0.3 is 0 Å². The summed E-state index contributed by atoms with van der Waals surface area (Å²) in [6.07, 6.45) is 0. The Balaban J connectivity index is 2.34. The topological polar surface area (TPSA) is 66.0 Å². The van der Waals surface area contributed by atoms with E-state index in [0.717, 1.165) is 16.9 Å². The summed E-state index contributed by atoms with van der Waals surface area (Å²) < 4.78 is 21.4. The largest absolute Gasteiger partial charge is 0.496 e. The van der Waals surface area contributed by atoms with E-state index in [1.165, 1.54) is 21.3 Å². The summed E-state index contributed by atoms with van der Waals surface area (Å²) in [6.45, 7) is 3.90. The zero-order chi connectivity index (χ0) is 19.3. The minimum absolute atomic E-state index is 0.254. The van der Waals surface area contributed by atoms with E-state index in [2.05, 4.69) is 5.32 Å². The quantitative estimate of drug-likeness (QED) is 0.819. The number of methoxy groups -OCH3 is 4. The maximum Gasteiger partial charge on any atom is 0.255 e. The van der Waals surface area contributed by atoms with E-state index in [9.17, 15) is 4.79 Å². The molecule has 0 unspecified atom stereocenters. The number of hydrogen-bond acceptors (Lipinski definition) is 5. The molecule has 0 saturated heterocycles. The third kappa shape index (κ3) is 3.85. The van der Waals surface area contributed by atoms with Crippen molar-refractivity contribution >= 4 is 5.91 Å². The van der Waals surface area contributed by atoms with E-state index in [0.29, 0.717) is 22.8 Å². The summed E-state index contributed by atoms with van der Waals surface area (Å²) in [6, 6.07) is 8.92. The van der Waals surface area contributed by atoms with Crippen LogP contribution in [0.1, 0.15) is 34.5 Å². The van der Waals surface area contributed by atoms with Crippen LogP contribution in [-0.4, -0.2) is 34.3 Å². The van der Waals surface area contributed by atoms with E-state index in [4.69, 9.17) is 18.9 Å². The van der Waals surface area contributed by atoms with Gasteiger partial charge in [-0.1, -0.05) is 17.7 Å². The number of benzene rings is 2. The van der Waals surface area contributed by atoms with Gasteiger partial charge in [-0.2, -0.15) is 0 Å². The Bertz CT molecular complexity index is 788.